The Morgan fingerprint density at radius 1 is 0.737 bits per heavy atom. The third-order valence-electron chi connectivity index (χ3n) is 2.85. The zero-order valence-electron chi connectivity index (χ0n) is 10.0. The maximum absolute atomic E-state index is 13.5. The van der Waals surface area contributed by atoms with Crippen LogP contribution in [0.2, 0.25) is 0 Å². The molecule has 106 valence electrons. The average Bonchev–Trinajstić information content (AvgIpc) is 2.41. The molecule has 0 saturated carbocycles. The second kappa shape index (κ2) is 5.64. The highest BCUT2D eigenvalue weighted by molar-refractivity contribution is 7.97. The van der Waals surface area contributed by atoms with E-state index in [4.69, 9.17) is 0 Å². The first kappa shape index (κ1) is 14.5. The highest BCUT2D eigenvalue weighted by Crippen LogP contribution is 2.33. The van der Waals surface area contributed by atoms with Gasteiger partial charge in [0, 0.05) is 26.2 Å². The lowest BCUT2D eigenvalue weighted by molar-refractivity contribution is 0.233. The van der Waals surface area contributed by atoms with Gasteiger partial charge in [-0.05, 0) is 19.0 Å². The van der Waals surface area contributed by atoms with Crippen LogP contribution in [0, 0.1) is 29.1 Å². The van der Waals surface area contributed by atoms with Gasteiger partial charge in [-0.15, -0.1) is 0 Å². The summed E-state index contributed by atoms with van der Waals surface area (Å²) in [6.07, 6.45) is 0. The molecule has 0 atom stereocenters. The van der Waals surface area contributed by atoms with Gasteiger partial charge in [0.05, 0.1) is 0 Å². The molecule has 19 heavy (non-hydrogen) atoms. The van der Waals surface area contributed by atoms with Crippen molar-refractivity contribution in [3.63, 3.8) is 0 Å². The maximum Gasteiger partial charge on any atom is 0.200 e. The largest absolute Gasteiger partial charge is 0.304 e. The van der Waals surface area contributed by atoms with Crippen LogP contribution in [0.25, 0.3) is 0 Å². The van der Waals surface area contributed by atoms with Crippen LogP contribution < -0.4 is 0 Å². The number of nitrogens with zero attached hydrogens (tertiary/aromatic N) is 2. The lowest BCUT2D eigenvalue weighted by Crippen LogP contribution is -2.41. The summed E-state index contributed by atoms with van der Waals surface area (Å²) >= 11 is 0.567. The molecular formula is C11H11F5N2S. The number of benzene rings is 1. The minimum atomic E-state index is -2.13. The fourth-order valence-electron chi connectivity index (χ4n) is 1.67. The first-order chi connectivity index (χ1) is 8.91. The summed E-state index contributed by atoms with van der Waals surface area (Å²) in [4.78, 5) is 1.16. The summed E-state index contributed by atoms with van der Waals surface area (Å²) < 4.78 is 67.4. The number of halogens is 5. The molecule has 0 unspecified atom stereocenters. The van der Waals surface area contributed by atoms with E-state index < -0.39 is 34.0 Å². The fourth-order valence-corrected chi connectivity index (χ4v) is 2.62. The van der Waals surface area contributed by atoms with Crippen molar-refractivity contribution in [2.75, 3.05) is 33.2 Å². The van der Waals surface area contributed by atoms with Gasteiger partial charge >= 0.3 is 0 Å². The van der Waals surface area contributed by atoms with Crippen molar-refractivity contribution in [2.45, 2.75) is 4.90 Å². The summed E-state index contributed by atoms with van der Waals surface area (Å²) in [5.41, 5.74) is 0. The van der Waals surface area contributed by atoms with Gasteiger partial charge in [-0.25, -0.2) is 26.3 Å². The molecule has 0 spiro atoms. The summed E-state index contributed by atoms with van der Waals surface area (Å²) in [6.45, 7) is 2.31. The van der Waals surface area contributed by atoms with Crippen LogP contribution in [0.5, 0.6) is 0 Å². The Morgan fingerprint density at radius 2 is 1.16 bits per heavy atom. The molecule has 0 aromatic heterocycles. The normalized spacial score (nSPS) is 18.0. The highest BCUT2D eigenvalue weighted by atomic mass is 32.2. The van der Waals surface area contributed by atoms with Gasteiger partial charge in [-0.2, -0.15) is 0 Å². The molecule has 0 radical (unpaired) electrons. The third-order valence-corrected chi connectivity index (χ3v) is 4.02. The average molecular weight is 298 g/mol. The van der Waals surface area contributed by atoms with E-state index in [1.165, 1.54) is 0 Å². The Kier molecular flexibility index (Phi) is 4.32. The Morgan fingerprint density at radius 3 is 1.63 bits per heavy atom. The van der Waals surface area contributed by atoms with Crippen molar-refractivity contribution < 1.29 is 22.0 Å². The summed E-state index contributed by atoms with van der Waals surface area (Å²) in [5, 5.41) is 0. The Balaban J connectivity index is 2.25. The van der Waals surface area contributed by atoms with Gasteiger partial charge in [0.15, 0.2) is 23.3 Å². The van der Waals surface area contributed by atoms with Crippen LogP contribution in [-0.2, 0) is 0 Å². The molecule has 1 aromatic carbocycles. The first-order valence-corrected chi connectivity index (χ1v) is 6.32. The molecule has 1 aliphatic heterocycles. The quantitative estimate of drug-likeness (QED) is 0.359. The summed E-state index contributed by atoms with van der Waals surface area (Å²) in [7, 11) is 1.89. The Labute approximate surface area is 111 Å². The van der Waals surface area contributed by atoms with Crippen LogP contribution in [-0.4, -0.2) is 42.4 Å². The SMILES string of the molecule is CN1CCN(Sc2c(F)c(F)c(F)c(F)c2F)CC1. The van der Waals surface area contributed by atoms with E-state index in [-0.39, 0.29) is 0 Å². The molecule has 0 aliphatic carbocycles. The number of rotatable bonds is 2. The maximum atomic E-state index is 13.5. The van der Waals surface area contributed by atoms with E-state index in [1.807, 2.05) is 11.9 Å². The minimum Gasteiger partial charge on any atom is -0.304 e. The van der Waals surface area contributed by atoms with E-state index >= 15 is 0 Å². The van der Waals surface area contributed by atoms with Crippen LogP contribution in [0.3, 0.4) is 0 Å². The van der Waals surface area contributed by atoms with Gasteiger partial charge in [-0.3, -0.25) is 0 Å². The summed E-state index contributed by atoms with van der Waals surface area (Å²) in [6, 6.07) is 0. The van der Waals surface area contributed by atoms with Crippen LogP contribution in [0.1, 0.15) is 0 Å². The number of likely N-dealkylation sites (N-methyl/N-ethyl adjacent to an activating group) is 1. The van der Waals surface area contributed by atoms with E-state index in [0.717, 1.165) is 0 Å². The smallest absolute Gasteiger partial charge is 0.200 e. The number of piperazine rings is 1. The second-order valence-corrected chi connectivity index (χ2v) is 5.33. The minimum absolute atomic E-state index is 0.487. The molecule has 0 N–H and O–H groups in total. The van der Waals surface area contributed by atoms with E-state index in [9.17, 15) is 22.0 Å². The molecule has 2 nitrogen and oxygen atoms in total. The fraction of sp³-hybridized carbons (Fsp3) is 0.455. The number of hydrogen-bond donors (Lipinski definition) is 0. The highest BCUT2D eigenvalue weighted by Gasteiger charge is 2.28. The van der Waals surface area contributed by atoms with Crippen LogP contribution in [0.4, 0.5) is 22.0 Å². The molecule has 1 heterocycles. The standard InChI is InChI=1S/C11H11F5N2S/c1-17-2-4-18(5-3-17)19-11-9(15)7(13)6(12)8(14)10(11)16/h2-5H2,1H3. The number of hydrogen-bond acceptors (Lipinski definition) is 3. The molecule has 1 fully saturated rings. The molecule has 0 amide bonds. The zero-order chi connectivity index (χ0) is 14.2. The predicted octanol–water partition coefficient (Wildman–Crippen LogP) is 2.64. The van der Waals surface area contributed by atoms with Gasteiger partial charge in [-0.1, -0.05) is 0 Å². The molecule has 1 aromatic rings. The molecule has 1 saturated heterocycles. The lowest BCUT2D eigenvalue weighted by Gasteiger charge is -2.31. The van der Waals surface area contributed by atoms with E-state index in [1.54, 1.807) is 4.31 Å². The summed E-state index contributed by atoms with van der Waals surface area (Å²) in [5.74, 6) is -9.50. The Hall–Kier alpha value is -0.860. The van der Waals surface area contributed by atoms with E-state index in [0.29, 0.717) is 38.1 Å². The molecular weight excluding hydrogens is 287 g/mol. The molecule has 1 aliphatic rings. The van der Waals surface area contributed by atoms with Gasteiger partial charge in [0.1, 0.15) is 4.90 Å². The van der Waals surface area contributed by atoms with Gasteiger partial charge < -0.3 is 4.90 Å². The topological polar surface area (TPSA) is 6.48 Å². The first-order valence-electron chi connectivity index (χ1n) is 5.54. The molecule has 0 bridgehead atoms. The van der Waals surface area contributed by atoms with Crippen LogP contribution >= 0.6 is 11.9 Å². The van der Waals surface area contributed by atoms with Crippen molar-refractivity contribution in [1.82, 2.24) is 9.21 Å². The van der Waals surface area contributed by atoms with Crippen molar-refractivity contribution in [2.24, 2.45) is 0 Å². The van der Waals surface area contributed by atoms with E-state index in [2.05, 4.69) is 0 Å². The van der Waals surface area contributed by atoms with Crippen molar-refractivity contribution >= 4 is 11.9 Å². The second-order valence-electron chi connectivity index (χ2n) is 4.22. The van der Waals surface area contributed by atoms with Crippen molar-refractivity contribution in [3.8, 4) is 0 Å². The lowest BCUT2D eigenvalue weighted by atomic mass is 10.3. The third kappa shape index (κ3) is 2.85. The van der Waals surface area contributed by atoms with Gasteiger partial charge in [0.2, 0.25) is 5.82 Å². The van der Waals surface area contributed by atoms with Crippen molar-refractivity contribution in [1.29, 1.82) is 0 Å². The van der Waals surface area contributed by atoms with Gasteiger partial charge in [0.25, 0.3) is 0 Å². The zero-order valence-corrected chi connectivity index (χ0v) is 10.8. The Bertz CT molecular complexity index is 459. The monoisotopic (exact) mass is 298 g/mol. The molecule has 2 rings (SSSR count). The molecule has 8 heteroatoms. The van der Waals surface area contributed by atoms with Crippen molar-refractivity contribution in [3.05, 3.63) is 29.1 Å². The van der Waals surface area contributed by atoms with Crippen LogP contribution in [0.15, 0.2) is 4.90 Å². The predicted molar refractivity (Wildman–Crippen MR) is 61.2 cm³/mol.